The Morgan fingerprint density at radius 3 is 2.26 bits per heavy atom. The second-order valence-electron chi connectivity index (χ2n) is 6.49. The molecule has 0 radical (unpaired) electrons. The molecule has 1 aromatic carbocycles. The minimum atomic E-state index is -0.481. The summed E-state index contributed by atoms with van der Waals surface area (Å²) in [7, 11) is 1.66. The Kier molecular flexibility index (Phi) is 4.29. The molecule has 0 unspecified atom stereocenters. The topological polar surface area (TPSA) is 49.8 Å². The van der Waals surface area contributed by atoms with Gasteiger partial charge in [0.2, 0.25) is 5.12 Å². The van der Waals surface area contributed by atoms with E-state index in [0.717, 1.165) is 42.6 Å². The Morgan fingerprint density at radius 2 is 1.74 bits per heavy atom. The second kappa shape index (κ2) is 5.96. The molecule has 5 heteroatoms. The van der Waals surface area contributed by atoms with E-state index in [4.69, 9.17) is 4.84 Å². The molecule has 0 aliphatic carbocycles. The van der Waals surface area contributed by atoms with E-state index < -0.39 is 4.75 Å². The molecule has 0 bridgehead atoms. The molecule has 2 aliphatic heterocycles. The number of carbonyl (C=O) groups is 1. The number of hydrogen-bond acceptors (Lipinski definition) is 5. The summed E-state index contributed by atoms with van der Waals surface area (Å²) < 4.78 is -0.481. The molecule has 0 atom stereocenters. The van der Waals surface area contributed by atoms with Gasteiger partial charge in [-0.15, -0.1) is 0 Å². The van der Waals surface area contributed by atoms with E-state index in [1.807, 2.05) is 25.8 Å². The number of nitrogens with zero attached hydrogens (tertiary/aromatic N) is 1. The third kappa shape index (κ3) is 2.71. The number of piperidine rings is 1. The van der Waals surface area contributed by atoms with Crippen molar-refractivity contribution < 1.29 is 14.7 Å². The summed E-state index contributed by atoms with van der Waals surface area (Å²) in [6.07, 6.45) is 1.44. The summed E-state index contributed by atoms with van der Waals surface area (Å²) in [4.78, 5) is 18.0. The first kappa shape index (κ1) is 16.6. The summed E-state index contributed by atoms with van der Waals surface area (Å²) in [6.45, 7) is 7.50. The fourth-order valence-corrected chi connectivity index (χ4v) is 5.01. The number of carbonyl (C=O) groups excluding carboxylic acids is 1. The van der Waals surface area contributed by atoms with Crippen LogP contribution in [-0.2, 0) is 9.63 Å². The summed E-state index contributed by atoms with van der Waals surface area (Å²) >= 11 is 1.29. The van der Waals surface area contributed by atoms with E-state index in [0.29, 0.717) is 5.57 Å². The number of hydrogen-bond donors (Lipinski definition) is 1. The molecule has 124 valence electrons. The van der Waals surface area contributed by atoms with E-state index in [2.05, 4.69) is 12.1 Å². The van der Waals surface area contributed by atoms with Crippen molar-refractivity contribution >= 4 is 22.5 Å². The van der Waals surface area contributed by atoms with Crippen LogP contribution < -0.4 is 0 Å². The largest absolute Gasteiger partial charge is 0.510 e. The van der Waals surface area contributed by atoms with Crippen LogP contribution in [0.4, 0.5) is 0 Å². The van der Waals surface area contributed by atoms with E-state index in [1.165, 1.54) is 17.3 Å². The zero-order valence-electron chi connectivity index (χ0n) is 14.1. The number of aliphatic hydroxyl groups is 1. The Hall–Kier alpha value is -1.30. The van der Waals surface area contributed by atoms with Crippen molar-refractivity contribution in [3.05, 3.63) is 40.1 Å². The molecule has 3 rings (SSSR count). The van der Waals surface area contributed by atoms with Gasteiger partial charge in [0.15, 0.2) is 0 Å². The van der Waals surface area contributed by atoms with Gasteiger partial charge in [-0.3, -0.25) is 4.79 Å². The van der Waals surface area contributed by atoms with Gasteiger partial charge in [0, 0.05) is 13.1 Å². The van der Waals surface area contributed by atoms with Crippen LogP contribution in [0.1, 0.15) is 35.1 Å². The second-order valence-corrected chi connectivity index (χ2v) is 7.85. The molecule has 23 heavy (non-hydrogen) atoms. The number of rotatable bonds is 2. The number of thioether (sulfide) groups is 1. The van der Waals surface area contributed by atoms with Crippen molar-refractivity contribution in [2.24, 2.45) is 0 Å². The molecule has 0 saturated carbocycles. The SMILES string of the molecule is CON1CCC2(CC1)SC(=O)C(c1c(C)cc(C)cc1C)=C2O. The highest BCUT2D eigenvalue weighted by atomic mass is 32.2. The van der Waals surface area contributed by atoms with Crippen molar-refractivity contribution in [3.8, 4) is 0 Å². The third-order valence-corrected chi connectivity index (χ3v) is 6.26. The van der Waals surface area contributed by atoms with Gasteiger partial charge < -0.3 is 9.94 Å². The highest BCUT2D eigenvalue weighted by molar-refractivity contribution is 8.16. The van der Waals surface area contributed by atoms with Crippen LogP contribution in [-0.4, -0.2) is 40.2 Å². The average molecular weight is 333 g/mol. The minimum Gasteiger partial charge on any atom is -0.510 e. The van der Waals surface area contributed by atoms with Crippen molar-refractivity contribution in [2.45, 2.75) is 38.4 Å². The summed E-state index contributed by atoms with van der Waals surface area (Å²) in [5, 5.41) is 12.8. The van der Waals surface area contributed by atoms with Gasteiger partial charge in [-0.2, -0.15) is 5.06 Å². The van der Waals surface area contributed by atoms with Gasteiger partial charge in [0.25, 0.3) is 0 Å². The standard InChI is InChI=1S/C18H23NO3S/c1-11-9-12(2)14(13(3)10-11)15-16(20)18(23-17(15)21)5-7-19(22-4)8-6-18/h9-10,20H,5-8H2,1-4H3. The van der Waals surface area contributed by atoms with Gasteiger partial charge in [-0.05, 0) is 50.3 Å². The van der Waals surface area contributed by atoms with Gasteiger partial charge in [0.1, 0.15) is 5.76 Å². The van der Waals surface area contributed by atoms with Crippen LogP contribution in [0.5, 0.6) is 0 Å². The van der Waals surface area contributed by atoms with Crippen LogP contribution in [0.3, 0.4) is 0 Å². The molecule has 1 N–H and O–H groups in total. The maximum Gasteiger partial charge on any atom is 0.224 e. The molecule has 2 heterocycles. The predicted molar refractivity (Wildman–Crippen MR) is 93.3 cm³/mol. The van der Waals surface area contributed by atoms with E-state index >= 15 is 0 Å². The molecule has 1 saturated heterocycles. The highest BCUT2D eigenvalue weighted by Crippen LogP contribution is 2.52. The van der Waals surface area contributed by atoms with Gasteiger partial charge in [0.05, 0.1) is 17.4 Å². The fourth-order valence-electron chi connectivity index (χ4n) is 3.76. The number of hydroxylamine groups is 2. The van der Waals surface area contributed by atoms with E-state index in [1.54, 1.807) is 7.11 Å². The lowest BCUT2D eigenvalue weighted by atomic mass is 9.87. The third-order valence-electron chi connectivity index (χ3n) is 4.88. The van der Waals surface area contributed by atoms with Gasteiger partial charge in [-0.1, -0.05) is 29.5 Å². The minimum absolute atomic E-state index is 0.0107. The van der Waals surface area contributed by atoms with Crippen molar-refractivity contribution in [1.82, 2.24) is 5.06 Å². The van der Waals surface area contributed by atoms with Crippen LogP contribution >= 0.6 is 11.8 Å². The smallest absolute Gasteiger partial charge is 0.224 e. The number of aryl methyl sites for hydroxylation is 3. The molecule has 4 nitrogen and oxygen atoms in total. The van der Waals surface area contributed by atoms with Gasteiger partial charge in [-0.25, -0.2) is 0 Å². The molecule has 0 amide bonds. The quantitative estimate of drug-likeness (QED) is 0.897. The first-order valence-corrected chi connectivity index (χ1v) is 8.74. The maximum atomic E-state index is 12.7. The van der Waals surface area contributed by atoms with Crippen LogP contribution in [0.2, 0.25) is 0 Å². The zero-order chi connectivity index (χ0) is 16.8. The zero-order valence-corrected chi connectivity index (χ0v) is 14.9. The van der Waals surface area contributed by atoms with Crippen molar-refractivity contribution in [1.29, 1.82) is 0 Å². The van der Waals surface area contributed by atoms with Crippen LogP contribution in [0, 0.1) is 20.8 Å². The Balaban J connectivity index is 2.04. The van der Waals surface area contributed by atoms with Crippen LogP contribution in [0.25, 0.3) is 5.57 Å². The lowest BCUT2D eigenvalue weighted by molar-refractivity contribution is -0.144. The molecule has 1 aromatic rings. The molecule has 1 spiro atoms. The monoisotopic (exact) mass is 333 g/mol. The first-order valence-electron chi connectivity index (χ1n) is 7.92. The number of aliphatic hydroxyl groups excluding tert-OH is 1. The maximum absolute atomic E-state index is 12.7. The Bertz CT molecular complexity index is 665. The molecule has 1 fully saturated rings. The molecular formula is C18H23NO3S. The summed E-state index contributed by atoms with van der Waals surface area (Å²) in [6, 6.07) is 4.14. The first-order chi connectivity index (χ1) is 10.9. The fraction of sp³-hybridized carbons (Fsp3) is 0.500. The summed E-state index contributed by atoms with van der Waals surface area (Å²) in [5.41, 5.74) is 4.67. The number of benzene rings is 1. The lowest BCUT2D eigenvalue weighted by Crippen LogP contribution is -2.42. The predicted octanol–water partition coefficient (Wildman–Crippen LogP) is 3.55. The van der Waals surface area contributed by atoms with Gasteiger partial charge >= 0.3 is 0 Å². The van der Waals surface area contributed by atoms with E-state index in [9.17, 15) is 9.90 Å². The van der Waals surface area contributed by atoms with Crippen molar-refractivity contribution in [3.63, 3.8) is 0 Å². The van der Waals surface area contributed by atoms with Crippen LogP contribution in [0.15, 0.2) is 17.9 Å². The highest BCUT2D eigenvalue weighted by Gasteiger charge is 2.49. The Morgan fingerprint density at radius 1 is 1.17 bits per heavy atom. The van der Waals surface area contributed by atoms with Crippen molar-refractivity contribution in [2.75, 3.05) is 20.2 Å². The summed E-state index contributed by atoms with van der Waals surface area (Å²) in [5.74, 6) is 0.262. The molecule has 0 aromatic heterocycles. The average Bonchev–Trinajstić information content (AvgIpc) is 2.72. The molecular weight excluding hydrogens is 310 g/mol. The lowest BCUT2D eigenvalue weighted by Gasteiger charge is -2.36. The Labute approximate surface area is 141 Å². The molecule has 2 aliphatic rings. The van der Waals surface area contributed by atoms with E-state index in [-0.39, 0.29) is 10.9 Å². The normalized spacial score (nSPS) is 21.5.